The van der Waals surface area contributed by atoms with E-state index < -0.39 is 0 Å². The van der Waals surface area contributed by atoms with Crippen LogP contribution < -0.4 is 10.6 Å². The highest BCUT2D eigenvalue weighted by molar-refractivity contribution is 5.92. The summed E-state index contributed by atoms with van der Waals surface area (Å²) in [6, 6.07) is 8.35. The van der Waals surface area contributed by atoms with Crippen molar-refractivity contribution in [2.45, 2.75) is 39.2 Å². The first-order chi connectivity index (χ1) is 10.2. The van der Waals surface area contributed by atoms with Crippen LogP contribution in [0.25, 0.3) is 0 Å². The molecule has 1 aliphatic heterocycles. The monoisotopic (exact) mass is 289 g/mol. The SMILES string of the molecule is Cc1ccccc1NC(=O)CNCC(C)N1CCCCC1. The zero-order valence-electron chi connectivity index (χ0n) is 13.2. The number of carbonyl (C=O) groups is 1. The van der Waals surface area contributed by atoms with Crippen LogP contribution in [0.5, 0.6) is 0 Å². The number of benzene rings is 1. The highest BCUT2D eigenvalue weighted by atomic mass is 16.1. The summed E-state index contributed by atoms with van der Waals surface area (Å²) >= 11 is 0. The maximum absolute atomic E-state index is 11.9. The minimum absolute atomic E-state index is 0.0233. The number of nitrogens with one attached hydrogen (secondary N) is 2. The highest BCUT2D eigenvalue weighted by Gasteiger charge is 2.16. The molecule has 1 aromatic carbocycles. The number of hydrogen-bond acceptors (Lipinski definition) is 3. The Kier molecular flexibility index (Phi) is 6.21. The van der Waals surface area contributed by atoms with E-state index in [2.05, 4.69) is 22.5 Å². The molecule has 0 aliphatic carbocycles. The van der Waals surface area contributed by atoms with Crippen molar-refractivity contribution >= 4 is 11.6 Å². The summed E-state index contributed by atoms with van der Waals surface area (Å²) in [6.45, 7) is 7.85. The Morgan fingerprint density at radius 3 is 2.67 bits per heavy atom. The highest BCUT2D eigenvalue weighted by Crippen LogP contribution is 2.13. The molecule has 0 saturated carbocycles. The van der Waals surface area contributed by atoms with Gasteiger partial charge in [-0.2, -0.15) is 0 Å². The van der Waals surface area contributed by atoms with E-state index in [1.54, 1.807) is 0 Å². The molecule has 1 atom stereocenters. The maximum atomic E-state index is 11.9. The van der Waals surface area contributed by atoms with Crippen molar-refractivity contribution in [3.8, 4) is 0 Å². The van der Waals surface area contributed by atoms with E-state index in [-0.39, 0.29) is 5.91 Å². The Bertz CT molecular complexity index is 455. The molecule has 0 spiro atoms. The number of para-hydroxylation sites is 1. The van der Waals surface area contributed by atoms with Crippen LogP contribution in [0, 0.1) is 6.92 Å². The number of rotatable bonds is 6. The van der Waals surface area contributed by atoms with Crippen LogP contribution in [0.2, 0.25) is 0 Å². The summed E-state index contributed by atoms with van der Waals surface area (Å²) in [5.74, 6) is 0.0233. The lowest BCUT2D eigenvalue weighted by Gasteiger charge is -2.32. The fourth-order valence-electron chi connectivity index (χ4n) is 2.79. The molecule has 1 aliphatic rings. The molecule has 1 saturated heterocycles. The van der Waals surface area contributed by atoms with E-state index in [1.165, 1.54) is 32.4 Å². The van der Waals surface area contributed by atoms with Gasteiger partial charge in [-0.25, -0.2) is 0 Å². The van der Waals surface area contributed by atoms with E-state index in [0.29, 0.717) is 12.6 Å². The van der Waals surface area contributed by atoms with Crippen molar-refractivity contribution in [3.63, 3.8) is 0 Å². The molecule has 1 heterocycles. The van der Waals surface area contributed by atoms with Crippen molar-refractivity contribution in [1.82, 2.24) is 10.2 Å². The lowest BCUT2D eigenvalue weighted by atomic mass is 10.1. The van der Waals surface area contributed by atoms with E-state index in [4.69, 9.17) is 0 Å². The number of carbonyl (C=O) groups excluding carboxylic acids is 1. The van der Waals surface area contributed by atoms with Crippen molar-refractivity contribution in [2.75, 3.05) is 31.5 Å². The van der Waals surface area contributed by atoms with Crippen molar-refractivity contribution in [3.05, 3.63) is 29.8 Å². The molecular weight excluding hydrogens is 262 g/mol. The third kappa shape index (κ3) is 5.14. The number of aryl methyl sites for hydroxylation is 1. The molecule has 1 aromatic rings. The Morgan fingerprint density at radius 2 is 1.95 bits per heavy atom. The van der Waals surface area contributed by atoms with Gasteiger partial charge in [0.15, 0.2) is 0 Å². The summed E-state index contributed by atoms with van der Waals surface area (Å²) in [5.41, 5.74) is 1.99. The molecule has 116 valence electrons. The van der Waals surface area contributed by atoms with Crippen LogP contribution in [0.4, 0.5) is 5.69 Å². The molecule has 1 unspecified atom stereocenters. The fourth-order valence-corrected chi connectivity index (χ4v) is 2.79. The van der Waals surface area contributed by atoms with Crippen molar-refractivity contribution < 1.29 is 4.79 Å². The van der Waals surface area contributed by atoms with E-state index in [9.17, 15) is 4.79 Å². The normalized spacial score (nSPS) is 17.4. The minimum Gasteiger partial charge on any atom is -0.325 e. The van der Waals surface area contributed by atoms with E-state index in [1.807, 2.05) is 31.2 Å². The molecule has 21 heavy (non-hydrogen) atoms. The summed E-state index contributed by atoms with van der Waals surface area (Å²) in [7, 11) is 0. The summed E-state index contributed by atoms with van der Waals surface area (Å²) in [4.78, 5) is 14.4. The second-order valence-electron chi connectivity index (χ2n) is 5.94. The van der Waals surface area contributed by atoms with Gasteiger partial charge in [0.25, 0.3) is 0 Å². The molecule has 1 amide bonds. The van der Waals surface area contributed by atoms with Gasteiger partial charge in [-0.15, -0.1) is 0 Å². The number of amides is 1. The van der Waals surface area contributed by atoms with Crippen LogP contribution in [-0.4, -0.2) is 43.0 Å². The molecule has 2 N–H and O–H groups in total. The van der Waals surface area contributed by atoms with Crippen LogP contribution in [0.1, 0.15) is 31.7 Å². The Labute approximate surface area is 127 Å². The van der Waals surface area contributed by atoms with Gasteiger partial charge in [-0.05, 0) is 51.4 Å². The van der Waals surface area contributed by atoms with Crippen LogP contribution in [0.15, 0.2) is 24.3 Å². The molecule has 0 radical (unpaired) electrons. The van der Waals surface area contributed by atoms with Gasteiger partial charge in [0, 0.05) is 18.3 Å². The summed E-state index contributed by atoms with van der Waals surface area (Å²) < 4.78 is 0. The van der Waals surface area contributed by atoms with Gasteiger partial charge in [-0.1, -0.05) is 24.6 Å². The maximum Gasteiger partial charge on any atom is 0.238 e. The lowest BCUT2D eigenvalue weighted by Crippen LogP contribution is -2.44. The molecular formula is C17H27N3O. The average molecular weight is 289 g/mol. The van der Waals surface area contributed by atoms with Gasteiger partial charge in [-0.3, -0.25) is 9.69 Å². The number of hydrogen-bond donors (Lipinski definition) is 2. The van der Waals surface area contributed by atoms with Gasteiger partial charge in [0.2, 0.25) is 5.91 Å². The quantitative estimate of drug-likeness (QED) is 0.845. The summed E-state index contributed by atoms with van der Waals surface area (Å²) in [5, 5.41) is 6.22. The lowest BCUT2D eigenvalue weighted by molar-refractivity contribution is -0.115. The van der Waals surface area contributed by atoms with Gasteiger partial charge in [0.1, 0.15) is 0 Å². The Balaban J connectivity index is 1.68. The second kappa shape index (κ2) is 8.15. The standard InChI is InChI=1S/C17H27N3O/c1-14-8-4-5-9-16(14)19-17(21)13-18-12-15(2)20-10-6-3-7-11-20/h4-5,8-9,15,18H,3,6-7,10-13H2,1-2H3,(H,19,21). The molecule has 0 aromatic heterocycles. The topological polar surface area (TPSA) is 44.4 Å². The fraction of sp³-hybridized carbons (Fsp3) is 0.588. The van der Waals surface area contributed by atoms with Crippen molar-refractivity contribution in [2.24, 2.45) is 0 Å². The smallest absolute Gasteiger partial charge is 0.238 e. The zero-order valence-corrected chi connectivity index (χ0v) is 13.2. The number of likely N-dealkylation sites (tertiary alicyclic amines) is 1. The van der Waals surface area contributed by atoms with Crippen molar-refractivity contribution in [1.29, 1.82) is 0 Å². The summed E-state index contributed by atoms with van der Waals surface area (Å²) in [6.07, 6.45) is 3.96. The third-order valence-corrected chi connectivity index (χ3v) is 4.16. The number of anilines is 1. The third-order valence-electron chi connectivity index (χ3n) is 4.16. The number of piperidine rings is 1. The molecule has 4 heteroatoms. The van der Waals surface area contributed by atoms with Crippen LogP contribution in [-0.2, 0) is 4.79 Å². The first-order valence-electron chi connectivity index (χ1n) is 7.97. The first kappa shape index (κ1) is 16.0. The Hall–Kier alpha value is -1.39. The molecule has 4 nitrogen and oxygen atoms in total. The average Bonchev–Trinajstić information content (AvgIpc) is 2.50. The van der Waals surface area contributed by atoms with E-state index in [0.717, 1.165) is 17.8 Å². The predicted molar refractivity (Wildman–Crippen MR) is 87.6 cm³/mol. The zero-order chi connectivity index (χ0) is 15.1. The first-order valence-corrected chi connectivity index (χ1v) is 7.97. The van der Waals surface area contributed by atoms with Crippen LogP contribution >= 0.6 is 0 Å². The largest absolute Gasteiger partial charge is 0.325 e. The minimum atomic E-state index is 0.0233. The second-order valence-corrected chi connectivity index (χ2v) is 5.94. The van der Waals surface area contributed by atoms with Gasteiger partial charge in [0.05, 0.1) is 6.54 Å². The van der Waals surface area contributed by atoms with E-state index >= 15 is 0 Å². The van der Waals surface area contributed by atoms with Crippen LogP contribution in [0.3, 0.4) is 0 Å². The number of nitrogens with zero attached hydrogens (tertiary/aromatic N) is 1. The molecule has 2 rings (SSSR count). The molecule has 1 fully saturated rings. The van der Waals surface area contributed by atoms with Gasteiger partial charge < -0.3 is 10.6 Å². The Morgan fingerprint density at radius 1 is 1.24 bits per heavy atom. The predicted octanol–water partition coefficient (Wildman–Crippen LogP) is 2.40. The molecule has 0 bridgehead atoms. The van der Waals surface area contributed by atoms with Gasteiger partial charge >= 0.3 is 0 Å².